The van der Waals surface area contributed by atoms with E-state index in [4.69, 9.17) is 0 Å². The molecule has 0 aliphatic heterocycles. The van der Waals surface area contributed by atoms with Crippen LogP contribution in [0, 0.1) is 34.6 Å². The Morgan fingerprint density at radius 1 is 0.952 bits per heavy atom. The highest BCUT2D eigenvalue weighted by Crippen LogP contribution is 2.22. The molecular weight excluding hydrogens is 278 g/mol. The molecule has 0 atom stereocenters. The molecule has 0 spiro atoms. The highest BCUT2D eigenvalue weighted by molar-refractivity contribution is 7.99. The first-order valence-corrected chi connectivity index (χ1v) is 8.04. The minimum atomic E-state index is 0.177. The number of Topliss-reactive ketones (excluding diaryl/α,β-unsaturated/α-hetero) is 1. The molecule has 2 rings (SSSR count). The zero-order valence-corrected chi connectivity index (χ0v) is 14.1. The zero-order chi connectivity index (χ0) is 15.6. The molecule has 2 nitrogen and oxygen atoms in total. The molecule has 110 valence electrons. The van der Waals surface area contributed by atoms with Crippen LogP contribution in [0.1, 0.15) is 38.3 Å². The molecule has 0 saturated heterocycles. The third kappa shape index (κ3) is 3.94. The summed E-state index contributed by atoms with van der Waals surface area (Å²) in [5, 5.41) is 0.920. The van der Waals surface area contributed by atoms with Crippen LogP contribution < -0.4 is 0 Å². The number of nitrogens with zero attached hydrogens (tertiary/aromatic N) is 1. The van der Waals surface area contributed by atoms with Gasteiger partial charge in [-0.2, -0.15) is 0 Å². The maximum absolute atomic E-state index is 12.5. The molecule has 0 radical (unpaired) electrons. The van der Waals surface area contributed by atoms with Crippen LogP contribution in [0.25, 0.3) is 0 Å². The van der Waals surface area contributed by atoms with Crippen molar-refractivity contribution in [2.24, 2.45) is 0 Å². The fraction of sp³-hybridized carbons (Fsp3) is 0.333. The SMILES string of the molecule is Cc1cc(C)nc(SCC(=O)c2c(C)cc(C)cc2C)c1. The smallest absolute Gasteiger partial charge is 0.173 e. The predicted molar refractivity (Wildman–Crippen MR) is 89.4 cm³/mol. The normalized spacial score (nSPS) is 10.7. The standard InChI is InChI=1S/C18H21NOS/c1-11-6-13(3)18(14(4)7-11)16(20)10-21-17-9-12(2)8-15(5)19-17/h6-9H,10H2,1-5H3. The Hall–Kier alpha value is -1.61. The summed E-state index contributed by atoms with van der Waals surface area (Å²) in [6.07, 6.45) is 0. The van der Waals surface area contributed by atoms with E-state index < -0.39 is 0 Å². The van der Waals surface area contributed by atoms with Crippen molar-refractivity contribution in [2.75, 3.05) is 5.75 Å². The Kier molecular flexibility index (Phi) is 4.84. The number of pyridine rings is 1. The second kappa shape index (κ2) is 6.44. The van der Waals surface area contributed by atoms with E-state index >= 15 is 0 Å². The lowest BCUT2D eigenvalue weighted by Gasteiger charge is -2.10. The average molecular weight is 299 g/mol. The summed E-state index contributed by atoms with van der Waals surface area (Å²) in [5.41, 5.74) is 6.36. The van der Waals surface area contributed by atoms with Crippen LogP contribution in [0.15, 0.2) is 29.3 Å². The minimum absolute atomic E-state index is 0.177. The van der Waals surface area contributed by atoms with Gasteiger partial charge in [0.2, 0.25) is 0 Å². The number of aryl methyl sites for hydroxylation is 5. The number of benzene rings is 1. The number of rotatable bonds is 4. The van der Waals surface area contributed by atoms with Crippen LogP contribution in [-0.2, 0) is 0 Å². The highest BCUT2D eigenvalue weighted by atomic mass is 32.2. The van der Waals surface area contributed by atoms with Gasteiger partial charge < -0.3 is 0 Å². The van der Waals surface area contributed by atoms with Gasteiger partial charge in [0.25, 0.3) is 0 Å². The van der Waals surface area contributed by atoms with E-state index in [9.17, 15) is 4.79 Å². The summed E-state index contributed by atoms with van der Waals surface area (Å²) in [7, 11) is 0. The lowest BCUT2D eigenvalue weighted by atomic mass is 9.97. The lowest BCUT2D eigenvalue weighted by molar-refractivity contribution is 0.102. The van der Waals surface area contributed by atoms with E-state index in [1.807, 2.05) is 32.9 Å². The largest absolute Gasteiger partial charge is 0.293 e. The molecule has 1 aromatic carbocycles. The van der Waals surface area contributed by atoms with Crippen molar-refractivity contribution in [3.63, 3.8) is 0 Å². The van der Waals surface area contributed by atoms with Crippen molar-refractivity contribution < 1.29 is 4.79 Å². The molecule has 1 aromatic heterocycles. The maximum atomic E-state index is 12.5. The summed E-state index contributed by atoms with van der Waals surface area (Å²) in [4.78, 5) is 17.0. The fourth-order valence-corrected chi connectivity index (χ4v) is 3.61. The second-order valence-corrected chi connectivity index (χ2v) is 6.61. The van der Waals surface area contributed by atoms with Gasteiger partial charge in [0, 0.05) is 11.3 Å². The molecule has 0 fully saturated rings. The van der Waals surface area contributed by atoms with Gasteiger partial charge in [0.15, 0.2) is 5.78 Å². The maximum Gasteiger partial charge on any atom is 0.173 e. The van der Waals surface area contributed by atoms with E-state index in [0.29, 0.717) is 5.75 Å². The van der Waals surface area contributed by atoms with E-state index in [1.165, 1.54) is 22.9 Å². The number of aromatic nitrogens is 1. The number of carbonyl (C=O) groups is 1. The van der Waals surface area contributed by atoms with E-state index in [0.717, 1.165) is 27.4 Å². The molecule has 0 unspecified atom stereocenters. The summed E-state index contributed by atoms with van der Waals surface area (Å²) in [5.74, 6) is 0.608. The van der Waals surface area contributed by atoms with Crippen LogP contribution >= 0.6 is 11.8 Å². The molecule has 0 bridgehead atoms. The molecule has 1 heterocycles. The first-order chi connectivity index (χ1) is 9.86. The second-order valence-electron chi connectivity index (χ2n) is 5.61. The van der Waals surface area contributed by atoms with E-state index in [1.54, 1.807) is 0 Å². The van der Waals surface area contributed by atoms with Crippen LogP contribution in [0.2, 0.25) is 0 Å². The van der Waals surface area contributed by atoms with Gasteiger partial charge in [-0.15, -0.1) is 0 Å². The van der Waals surface area contributed by atoms with E-state index in [-0.39, 0.29) is 5.78 Å². The summed E-state index contributed by atoms with van der Waals surface area (Å²) in [6.45, 7) is 10.1. The van der Waals surface area contributed by atoms with Gasteiger partial charge in [-0.25, -0.2) is 4.98 Å². The third-order valence-corrected chi connectivity index (χ3v) is 4.29. The summed E-state index contributed by atoms with van der Waals surface area (Å²) < 4.78 is 0. The van der Waals surface area contributed by atoms with Gasteiger partial charge in [0.05, 0.1) is 10.8 Å². The Balaban J connectivity index is 2.15. The van der Waals surface area contributed by atoms with Crippen LogP contribution in [-0.4, -0.2) is 16.5 Å². The molecule has 3 heteroatoms. The fourth-order valence-electron chi connectivity index (χ4n) is 2.71. The Labute approximate surface area is 131 Å². The Bertz CT molecular complexity index is 648. The van der Waals surface area contributed by atoms with Crippen molar-refractivity contribution in [2.45, 2.75) is 39.6 Å². The van der Waals surface area contributed by atoms with Gasteiger partial charge in [-0.05, 0) is 63.4 Å². The topological polar surface area (TPSA) is 30.0 Å². The minimum Gasteiger partial charge on any atom is -0.293 e. The summed E-state index contributed by atoms with van der Waals surface area (Å²) in [6, 6.07) is 8.21. The first kappa shape index (κ1) is 15.8. The van der Waals surface area contributed by atoms with E-state index in [2.05, 4.69) is 31.0 Å². The first-order valence-electron chi connectivity index (χ1n) is 7.06. The molecule has 0 saturated carbocycles. The van der Waals surface area contributed by atoms with Crippen LogP contribution in [0.5, 0.6) is 0 Å². The molecule has 0 aliphatic carbocycles. The lowest BCUT2D eigenvalue weighted by Crippen LogP contribution is -2.08. The number of thioether (sulfide) groups is 1. The van der Waals surface area contributed by atoms with Crippen molar-refractivity contribution in [3.8, 4) is 0 Å². The molecule has 0 N–H and O–H groups in total. The number of carbonyl (C=O) groups excluding carboxylic acids is 1. The molecular formula is C18H21NOS. The number of ketones is 1. The van der Waals surface area contributed by atoms with Gasteiger partial charge >= 0.3 is 0 Å². The molecule has 0 aliphatic rings. The number of hydrogen-bond acceptors (Lipinski definition) is 3. The molecule has 2 aromatic rings. The van der Waals surface area contributed by atoms with Crippen molar-refractivity contribution in [3.05, 3.63) is 57.8 Å². The predicted octanol–water partition coefficient (Wildman–Crippen LogP) is 4.60. The quantitative estimate of drug-likeness (QED) is 0.610. The number of hydrogen-bond donors (Lipinski definition) is 0. The summed E-state index contributed by atoms with van der Waals surface area (Å²) >= 11 is 1.51. The zero-order valence-electron chi connectivity index (χ0n) is 13.3. The Morgan fingerprint density at radius 2 is 1.52 bits per heavy atom. The van der Waals surface area contributed by atoms with Gasteiger partial charge in [0.1, 0.15) is 0 Å². The molecule has 21 heavy (non-hydrogen) atoms. The van der Waals surface area contributed by atoms with Gasteiger partial charge in [-0.1, -0.05) is 29.5 Å². The molecule has 0 amide bonds. The van der Waals surface area contributed by atoms with Gasteiger partial charge in [-0.3, -0.25) is 4.79 Å². The van der Waals surface area contributed by atoms with Crippen LogP contribution in [0.4, 0.5) is 0 Å². The van der Waals surface area contributed by atoms with Crippen molar-refractivity contribution >= 4 is 17.5 Å². The Morgan fingerprint density at radius 3 is 2.10 bits per heavy atom. The highest BCUT2D eigenvalue weighted by Gasteiger charge is 2.13. The van der Waals surface area contributed by atoms with Crippen LogP contribution in [0.3, 0.4) is 0 Å². The average Bonchev–Trinajstić information content (AvgIpc) is 2.34. The monoisotopic (exact) mass is 299 g/mol. The third-order valence-electron chi connectivity index (χ3n) is 3.38. The van der Waals surface area contributed by atoms with Crippen molar-refractivity contribution in [1.82, 2.24) is 4.98 Å². The van der Waals surface area contributed by atoms with Crippen molar-refractivity contribution in [1.29, 1.82) is 0 Å².